The van der Waals surface area contributed by atoms with Crippen molar-refractivity contribution in [3.8, 4) is 0 Å². The van der Waals surface area contributed by atoms with Crippen LogP contribution < -0.4 is 10.3 Å². The van der Waals surface area contributed by atoms with Gasteiger partial charge in [0.15, 0.2) is 4.60 Å². The Balaban J connectivity index is 2.32. The number of hydrogen-bond donors (Lipinski definition) is 3. The van der Waals surface area contributed by atoms with Crippen LogP contribution in [0.5, 0.6) is 0 Å². The van der Waals surface area contributed by atoms with Gasteiger partial charge in [0, 0.05) is 10.6 Å². The molecule has 3 rings (SSSR count). The lowest BCUT2D eigenvalue weighted by Gasteiger charge is -2.13. The molecule has 1 aromatic heterocycles. The number of anilines is 1. The second kappa shape index (κ2) is 4.98. The number of nitro groups is 1. The van der Waals surface area contributed by atoms with Crippen LogP contribution in [0, 0.1) is 20.2 Å². The number of allylic oxidation sites excluding steroid dienone is 1. The van der Waals surface area contributed by atoms with Crippen molar-refractivity contribution in [1.29, 1.82) is 0 Å². The molecule has 0 spiro atoms. The lowest BCUT2D eigenvalue weighted by molar-refractivity contribution is -0.730. The second-order valence-corrected chi connectivity index (χ2v) is 4.79. The predicted molar refractivity (Wildman–Crippen MR) is 74.5 cm³/mol. The first-order chi connectivity index (χ1) is 10.9. The van der Waals surface area contributed by atoms with Gasteiger partial charge < -0.3 is 10.9 Å². The first-order valence-electron chi connectivity index (χ1n) is 6.29. The van der Waals surface area contributed by atoms with Crippen molar-refractivity contribution in [2.24, 2.45) is 0 Å². The first kappa shape index (κ1) is 14.3. The number of benzene rings is 1. The molecule has 0 amide bonds. The highest BCUT2D eigenvalue weighted by atomic mass is 16.8. The fraction of sp³-hybridized carbons (Fsp3) is 0.0833. The van der Waals surface area contributed by atoms with Gasteiger partial charge in [0.2, 0.25) is 0 Å². The molecule has 1 aliphatic carbocycles. The molecule has 1 heterocycles. The molecule has 0 saturated carbocycles. The van der Waals surface area contributed by atoms with Crippen molar-refractivity contribution in [1.82, 2.24) is 5.16 Å². The maximum absolute atomic E-state index is 11.9. The van der Waals surface area contributed by atoms with E-state index in [1.807, 2.05) is 0 Å². The zero-order valence-electron chi connectivity index (χ0n) is 11.4. The Morgan fingerprint density at radius 1 is 1.30 bits per heavy atom. The summed E-state index contributed by atoms with van der Waals surface area (Å²) >= 11 is 0. The van der Waals surface area contributed by atoms with Gasteiger partial charge in [-0.2, -0.15) is 0 Å². The molecule has 0 aliphatic heterocycles. The largest absolute Gasteiger partial charge is 0.417 e. The number of aromatic amines is 1. The summed E-state index contributed by atoms with van der Waals surface area (Å²) in [5, 5.41) is 34.0. The minimum atomic E-state index is -1.07. The molecule has 1 unspecified atom stereocenters. The number of aromatic nitrogens is 2. The molecular formula is C12H10N5O6+. The highest BCUT2D eigenvalue weighted by molar-refractivity contribution is 6.05. The van der Waals surface area contributed by atoms with Gasteiger partial charge in [0.1, 0.15) is 5.92 Å². The van der Waals surface area contributed by atoms with E-state index in [1.54, 1.807) is 0 Å². The SMILES string of the molecule is Nc1ccc(C2/C(=[N+](\[O-])O)C=C([N+](=O)[O-])c3[nH]o[n+](=O)c32)cc1. The monoisotopic (exact) mass is 320 g/mol. The van der Waals surface area contributed by atoms with Crippen LogP contribution in [-0.4, -0.2) is 25.9 Å². The van der Waals surface area contributed by atoms with Gasteiger partial charge in [0.25, 0.3) is 17.1 Å². The van der Waals surface area contributed by atoms with Crippen LogP contribution in [-0.2, 0) is 0 Å². The zero-order chi connectivity index (χ0) is 16.7. The quantitative estimate of drug-likeness (QED) is 0.233. The predicted octanol–water partition coefficient (Wildman–Crippen LogP) is 0.208. The minimum Gasteiger partial charge on any atom is -0.417 e. The van der Waals surface area contributed by atoms with Crippen molar-refractivity contribution < 1.29 is 24.3 Å². The van der Waals surface area contributed by atoms with Crippen LogP contribution in [0.25, 0.3) is 5.70 Å². The fourth-order valence-electron chi connectivity index (χ4n) is 2.48. The normalized spacial score (nSPS) is 19.0. The summed E-state index contributed by atoms with van der Waals surface area (Å²) in [5.41, 5.74) is 5.10. The molecule has 1 aliphatic rings. The van der Waals surface area contributed by atoms with Gasteiger partial charge in [-0.1, -0.05) is 21.9 Å². The van der Waals surface area contributed by atoms with Crippen molar-refractivity contribution in [2.45, 2.75) is 5.92 Å². The van der Waals surface area contributed by atoms with Gasteiger partial charge in [-0.05, 0) is 22.6 Å². The van der Waals surface area contributed by atoms with Gasteiger partial charge in [-0.3, -0.25) is 15.3 Å². The Morgan fingerprint density at radius 2 is 1.96 bits per heavy atom. The third-order valence-corrected chi connectivity index (χ3v) is 3.48. The first-order valence-corrected chi connectivity index (χ1v) is 6.29. The van der Waals surface area contributed by atoms with E-state index < -0.39 is 27.2 Å². The third kappa shape index (κ3) is 2.19. The molecular weight excluding hydrogens is 310 g/mol. The number of nitrogen functional groups attached to an aromatic ring is 1. The Labute approximate surface area is 126 Å². The maximum Gasteiger partial charge on any atom is 0.330 e. The van der Waals surface area contributed by atoms with Gasteiger partial charge in [-0.15, -0.1) is 0 Å². The van der Waals surface area contributed by atoms with E-state index in [1.165, 1.54) is 24.3 Å². The lowest BCUT2D eigenvalue weighted by atomic mass is 9.85. The van der Waals surface area contributed by atoms with E-state index in [0.29, 0.717) is 11.3 Å². The fourth-order valence-corrected chi connectivity index (χ4v) is 2.48. The van der Waals surface area contributed by atoms with Gasteiger partial charge in [0.05, 0.1) is 11.0 Å². The topological polar surface area (TPSA) is 167 Å². The van der Waals surface area contributed by atoms with Crippen molar-refractivity contribution >= 4 is 17.1 Å². The Hall–Kier alpha value is -3.63. The van der Waals surface area contributed by atoms with E-state index in [2.05, 4.69) is 9.79 Å². The number of nitrogens with two attached hydrogens (primary N) is 1. The van der Waals surface area contributed by atoms with Gasteiger partial charge >= 0.3 is 5.70 Å². The number of rotatable bonds is 2. The summed E-state index contributed by atoms with van der Waals surface area (Å²) in [4.78, 5) is 21.7. The Kier molecular flexibility index (Phi) is 3.10. The van der Waals surface area contributed by atoms with Crippen LogP contribution in [0.1, 0.15) is 22.9 Å². The molecule has 0 radical (unpaired) electrons. The molecule has 1 atom stereocenters. The second-order valence-electron chi connectivity index (χ2n) is 4.79. The number of nitrogens with one attached hydrogen (secondary N) is 1. The summed E-state index contributed by atoms with van der Waals surface area (Å²) in [6, 6.07) is 6.13. The number of hydrogen-bond acceptors (Lipinski definition) is 7. The summed E-state index contributed by atoms with van der Waals surface area (Å²) < 4.78 is 4.58. The van der Waals surface area contributed by atoms with E-state index >= 15 is 0 Å². The standard InChI is InChI=1S/C12H10N5O6/c13-7-3-1-6(2-4-7)10-8(15(18)19)5-9(16(20)21)11-12(10)17(22)23-14-11/h1-5,10,14H,13H2,(H,18,19)/q+1. The molecule has 1 aromatic carbocycles. The van der Waals surface area contributed by atoms with E-state index in [9.17, 15) is 25.4 Å². The molecule has 4 N–H and O–H groups in total. The van der Waals surface area contributed by atoms with E-state index in [-0.39, 0.29) is 16.0 Å². The summed E-state index contributed by atoms with van der Waals surface area (Å²) in [6.07, 6.45) is 0.877. The molecule has 11 nitrogen and oxygen atoms in total. The molecule has 11 heteroatoms. The highest BCUT2D eigenvalue weighted by Gasteiger charge is 2.48. The van der Waals surface area contributed by atoms with Crippen LogP contribution >= 0.6 is 0 Å². The smallest absolute Gasteiger partial charge is 0.330 e. The number of fused-ring (bicyclic) bond motifs is 1. The van der Waals surface area contributed by atoms with Gasteiger partial charge in [-0.25, -0.2) is 0 Å². The summed E-state index contributed by atoms with van der Waals surface area (Å²) in [5.74, 6) is -1.07. The van der Waals surface area contributed by atoms with Crippen LogP contribution in [0.15, 0.2) is 35.0 Å². The Bertz CT molecular complexity index is 903. The molecule has 23 heavy (non-hydrogen) atoms. The van der Waals surface area contributed by atoms with Crippen LogP contribution in [0.2, 0.25) is 0 Å². The van der Waals surface area contributed by atoms with Crippen molar-refractivity contribution in [3.05, 3.63) is 67.5 Å². The lowest BCUT2D eigenvalue weighted by Crippen LogP contribution is -2.32. The molecule has 0 saturated heterocycles. The Morgan fingerprint density at radius 3 is 2.52 bits per heavy atom. The molecule has 0 fully saturated rings. The van der Waals surface area contributed by atoms with Crippen molar-refractivity contribution in [2.75, 3.05) is 5.73 Å². The van der Waals surface area contributed by atoms with Crippen LogP contribution in [0.4, 0.5) is 5.69 Å². The maximum atomic E-state index is 11.9. The average molecular weight is 320 g/mol. The summed E-state index contributed by atoms with van der Waals surface area (Å²) in [6.45, 7) is 0. The number of nitrogens with zero attached hydrogens (tertiary/aromatic N) is 3. The number of H-pyrrole nitrogens is 1. The average Bonchev–Trinajstić information content (AvgIpc) is 2.88. The van der Waals surface area contributed by atoms with E-state index in [0.717, 1.165) is 6.08 Å². The summed E-state index contributed by atoms with van der Waals surface area (Å²) in [7, 11) is 0. The molecule has 2 aromatic rings. The van der Waals surface area contributed by atoms with Crippen molar-refractivity contribution in [3.63, 3.8) is 0 Å². The van der Waals surface area contributed by atoms with Crippen LogP contribution in [0.3, 0.4) is 0 Å². The molecule has 118 valence electrons. The zero-order valence-corrected chi connectivity index (χ0v) is 11.4. The molecule has 0 bridgehead atoms. The third-order valence-electron chi connectivity index (χ3n) is 3.48. The highest BCUT2D eigenvalue weighted by Crippen LogP contribution is 2.34. The minimum absolute atomic E-state index is 0.0242. The van der Waals surface area contributed by atoms with E-state index in [4.69, 9.17) is 5.73 Å².